The van der Waals surface area contributed by atoms with Gasteiger partial charge < -0.3 is 10.1 Å². The molecule has 0 radical (unpaired) electrons. The van der Waals surface area contributed by atoms with Crippen LogP contribution in [0.5, 0.6) is 0 Å². The highest BCUT2D eigenvalue weighted by Gasteiger charge is 2.13. The number of rotatable bonds is 10. The maximum Gasteiger partial charge on any atom is 0.308 e. The van der Waals surface area contributed by atoms with Crippen molar-refractivity contribution in [3.63, 3.8) is 0 Å². The number of aromatic nitrogens is 1. The van der Waals surface area contributed by atoms with Gasteiger partial charge in [0.1, 0.15) is 11.6 Å². The van der Waals surface area contributed by atoms with Crippen LogP contribution >= 0.6 is 0 Å². The Bertz CT molecular complexity index is 756. The van der Waals surface area contributed by atoms with Crippen molar-refractivity contribution in [1.29, 1.82) is 0 Å². The van der Waals surface area contributed by atoms with E-state index in [-0.39, 0.29) is 17.7 Å². The zero-order chi connectivity index (χ0) is 19.6. The number of aryl methyl sites for hydroxylation is 1. The highest BCUT2D eigenvalue weighted by molar-refractivity contribution is 5.80. The summed E-state index contributed by atoms with van der Waals surface area (Å²) in [6.07, 6.45) is 4.18. The summed E-state index contributed by atoms with van der Waals surface area (Å²) in [5, 5.41) is 3.24. The highest BCUT2D eigenvalue weighted by atomic mass is 16.5. The summed E-state index contributed by atoms with van der Waals surface area (Å²) in [5.41, 5.74) is 3.23. The van der Waals surface area contributed by atoms with E-state index in [9.17, 15) is 9.59 Å². The van der Waals surface area contributed by atoms with Gasteiger partial charge in [0, 0.05) is 25.6 Å². The van der Waals surface area contributed by atoms with Crippen LogP contribution < -0.4 is 5.32 Å². The molecule has 1 N–H and O–H groups in total. The Kier molecular flexibility index (Phi) is 7.99. The summed E-state index contributed by atoms with van der Waals surface area (Å²) in [4.78, 5) is 27.9. The number of nitrogens with zero attached hydrogens (tertiary/aromatic N) is 1. The van der Waals surface area contributed by atoms with E-state index < -0.39 is 0 Å². The lowest BCUT2D eigenvalue weighted by molar-refractivity contribution is -0.144. The molecular formula is C22H28N2O3. The van der Waals surface area contributed by atoms with Gasteiger partial charge in [0.05, 0.1) is 13.0 Å². The molecule has 0 amide bonds. The first-order valence-corrected chi connectivity index (χ1v) is 9.32. The van der Waals surface area contributed by atoms with E-state index in [2.05, 4.69) is 10.3 Å². The summed E-state index contributed by atoms with van der Waals surface area (Å²) in [7, 11) is 1.40. The third-order valence-corrected chi connectivity index (χ3v) is 4.42. The molecule has 1 aromatic heterocycles. The van der Waals surface area contributed by atoms with E-state index in [0.29, 0.717) is 19.3 Å². The van der Waals surface area contributed by atoms with Crippen LogP contribution in [0.2, 0.25) is 0 Å². The predicted molar refractivity (Wildman–Crippen MR) is 107 cm³/mol. The third-order valence-electron chi connectivity index (χ3n) is 4.42. The molecule has 0 bridgehead atoms. The number of esters is 1. The molecule has 1 aromatic carbocycles. The van der Waals surface area contributed by atoms with Crippen LogP contribution in [-0.4, -0.2) is 30.4 Å². The molecule has 0 aliphatic carbocycles. The summed E-state index contributed by atoms with van der Waals surface area (Å²) in [6, 6.07) is 11.8. The van der Waals surface area contributed by atoms with E-state index in [1.165, 1.54) is 7.11 Å². The van der Waals surface area contributed by atoms with Gasteiger partial charge in [-0.05, 0) is 48.6 Å². The van der Waals surface area contributed by atoms with Gasteiger partial charge >= 0.3 is 5.97 Å². The molecule has 1 heterocycles. The van der Waals surface area contributed by atoms with Crippen molar-refractivity contribution in [2.75, 3.05) is 19.0 Å². The topological polar surface area (TPSA) is 68.3 Å². The number of carbonyl (C=O) groups excluding carboxylic acids is 2. The van der Waals surface area contributed by atoms with Gasteiger partial charge in [-0.1, -0.05) is 31.2 Å². The number of hydrogen-bond acceptors (Lipinski definition) is 5. The molecule has 5 heteroatoms. The minimum Gasteiger partial charge on any atom is -0.469 e. The van der Waals surface area contributed by atoms with Crippen LogP contribution in [0.15, 0.2) is 42.6 Å². The number of hydrogen-bond donors (Lipinski definition) is 1. The Labute approximate surface area is 161 Å². The number of benzene rings is 1. The van der Waals surface area contributed by atoms with Crippen molar-refractivity contribution in [3.05, 3.63) is 59.3 Å². The number of Topliss-reactive ketones (excluding diaryl/α,β-unsaturated/α-hetero) is 1. The Hall–Kier alpha value is -2.69. The summed E-state index contributed by atoms with van der Waals surface area (Å²) in [6.45, 7) is 4.61. The number of pyridine rings is 1. The van der Waals surface area contributed by atoms with Crippen LogP contribution in [-0.2, 0) is 27.2 Å². The van der Waals surface area contributed by atoms with Crippen LogP contribution in [0.1, 0.15) is 36.5 Å². The lowest BCUT2D eigenvalue weighted by atomic mass is 9.98. The maximum atomic E-state index is 12.2. The van der Waals surface area contributed by atoms with Gasteiger partial charge in [0.15, 0.2) is 0 Å². The number of nitrogens with one attached hydrogen (secondary N) is 1. The molecule has 5 nitrogen and oxygen atoms in total. The number of ether oxygens (including phenoxy) is 1. The molecule has 27 heavy (non-hydrogen) atoms. The molecule has 2 rings (SSSR count). The van der Waals surface area contributed by atoms with Crippen molar-refractivity contribution in [3.8, 4) is 0 Å². The van der Waals surface area contributed by atoms with Crippen molar-refractivity contribution in [1.82, 2.24) is 4.98 Å². The molecule has 0 saturated carbocycles. The zero-order valence-corrected chi connectivity index (χ0v) is 16.3. The Morgan fingerprint density at radius 2 is 1.85 bits per heavy atom. The predicted octanol–water partition coefficient (Wildman–Crippen LogP) is 3.75. The third kappa shape index (κ3) is 7.21. The first-order valence-electron chi connectivity index (χ1n) is 9.32. The zero-order valence-electron chi connectivity index (χ0n) is 16.3. The van der Waals surface area contributed by atoms with Crippen LogP contribution in [0.25, 0.3) is 0 Å². The Balaban J connectivity index is 1.71. The van der Waals surface area contributed by atoms with E-state index in [1.807, 2.05) is 50.2 Å². The van der Waals surface area contributed by atoms with E-state index in [0.717, 1.165) is 35.5 Å². The van der Waals surface area contributed by atoms with Crippen LogP contribution in [0.4, 0.5) is 5.82 Å². The Morgan fingerprint density at radius 3 is 2.52 bits per heavy atom. The van der Waals surface area contributed by atoms with Gasteiger partial charge in [0.25, 0.3) is 0 Å². The van der Waals surface area contributed by atoms with Gasteiger partial charge in [-0.2, -0.15) is 0 Å². The second-order valence-corrected chi connectivity index (χ2v) is 6.91. The second kappa shape index (κ2) is 10.5. The SMILES string of the molecule is COC(=O)[C@@H](C)Cc1ccc(CC(=O)CCCNc2cc(C)ccn2)cc1. The highest BCUT2D eigenvalue weighted by Crippen LogP contribution is 2.13. The second-order valence-electron chi connectivity index (χ2n) is 6.91. The lowest BCUT2D eigenvalue weighted by Gasteiger charge is -2.09. The fraction of sp³-hybridized carbons (Fsp3) is 0.409. The molecule has 0 fully saturated rings. The first-order chi connectivity index (χ1) is 13.0. The lowest BCUT2D eigenvalue weighted by Crippen LogP contribution is -2.15. The average molecular weight is 368 g/mol. The minimum atomic E-state index is -0.205. The molecule has 144 valence electrons. The summed E-state index contributed by atoms with van der Waals surface area (Å²) >= 11 is 0. The van der Waals surface area contributed by atoms with Crippen molar-refractivity contribution < 1.29 is 14.3 Å². The quantitative estimate of drug-likeness (QED) is 0.511. The van der Waals surface area contributed by atoms with Crippen LogP contribution in [0.3, 0.4) is 0 Å². The van der Waals surface area contributed by atoms with Crippen molar-refractivity contribution in [2.45, 2.75) is 39.5 Å². The molecule has 0 unspecified atom stereocenters. The van der Waals surface area contributed by atoms with Crippen molar-refractivity contribution in [2.24, 2.45) is 5.92 Å². The van der Waals surface area contributed by atoms with Crippen LogP contribution in [0, 0.1) is 12.8 Å². The van der Waals surface area contributed by atoms with E-state index in [4.69, 9.17) is 4.74 Å². The first kappa shape index (κ1) is 20.6. The maximum absolute atomic E-state index is 12.2. The average Bonchev–Trinajstić information content (AvgIpc) is 2.66. The number of methoxy groups -OCH3 is 1. The fourth-order valence-electron chi connectivity index (χ4n) is 2.88. The number of anilines is 1. The smallest absolute Gasteiger partial charge is 0.308 e. The molecule has 1 atom stereocenters. The normalized spacial score (nSPS) is 11.7. The summed E-state index contributed by atoms with van der Waals surface area (Å²) in [5.74, 6) is 0.700. The largest absolute Gasteiger partial charge is 0.469 e. The van der Waals surface area contributed by atoms with Gasteiger partial charge in [0.2, 0.25) is 0 Å². The van der Waals surface area contributed by atoms with Gasteiger partial charge in [-0.3, -0.25) is 9.59 Å². The minimum absolute atomic E-state index is 0.169. The standard InChI is InChI=1S/C22H28N2O3/c1-16-10-12-24-21(13-16)23-11-4-5-20(25)15-19-8-6-18(7-9-19)14-17(2)22(26)27-3/h6-10,12-13,17H,4-5,11,14-15H2,1-3H3,(H,23,24)/t17-/m0/s1. The van der Waals surface area contributed by atoms with E-state index >= 15 is 0 Å². The van der Waals surface area contributed by atoms with Gasteiger partial charge in [-0.25, -0.2) is 4.98 Å². The fourth-order valence-corrected chi connectivity index (χ4v) is 2.88. The number of carbonyl (C=O) groups is 2. The number of ketones is 1. The molecule has 0 saturated heterocycles. The molecule has 2 aromatic rings. The molecule has 0 aliphatic rings. The Morgan fingerprint density at radius 1 is 1.15 bits per heavy atom. The molecular weight excluding hydrogens is 340 g/mol. The monoisotopic (exact) mass is 368 g/mol. The van der Waals surface area contributed by atoms with Crippen molar-refractivity contribution >= 4 is 17.6 Å². The summed E-state index contributed by atoms with van der Waals surface area (Å²) < 4.78 is 4.75. The van der Waals surface area contributed by atoms with Gasteiger partial charge in [-0.15, -0.1) is 0 Å². The molecule has 0 spiro atoms. The van der Waals surface area contributed by atoms with E-state index in [1.54, 1.807) is 6.20 Å². The molecule has 0 aliphatic heterocycles.